The molecule has 4 nitrogen and oxygen atoms in total. The molecule has 0 bridgehead atoms. The molecule has 0 saturated heterocycles. The van der Waals surface area contributed by atoms with Gasteiger partial charge in [0, 0.05) is 23.5 Å². The highest BCUT2D eigenvalue weighted by Crippen LogP contribution is 2.27. The Balaban J connectivity index is 1.81. The van der Waals surface area contributed by atoms with Crippen LogP contribution in [0.4, 0.5) is 0 Å². The number of methoxy groups -OCH3 is 1. The number of hydrogen-bond donors (Lipinski definition) is 2. The Kier molecular flexibility index (Phi) is 5.34. The summed E-state index contributed by atoms with van der Waals surface area (Å²) in [6.45, 7) is 0.781. The second kappa shape index (κ2) is 7.01. The van der Waals surface area contributed by atoms with Crippen molar-refractivity contribution in [3.8, 4) is 0 Å². The van der Waals surface area contributed by atoms with E-state index >= 15 is 0 Å². The Morgan fingerprint density at radius 3 is 3.11 bits per heavy atom. The molecule has 0 aromatic carbocycles. The number of carbonyl (C=O) groups excluding carboxylic acids is 1. The normalized spacial score (nSPS) is 23.3. The van der Waals surface area contributed by atoms with Crippen LogP contribution in [0.5, 0.6) is 0 Å². The molecule has 0 amide bonds. The molecule has 0 radical (unpaired) electrons. The lowest BCUT2D eigenvalue weighted by Gasteiger charge is -2.28. The van der Waals surface area contributed by atoms with E-state index in [1.165, 1.54) is 32.8 Å². The van der Waals surface area contributed by atoms with Crippen LogP contribution in [0.2, 0.25) is 0 Å². The van der Waals surface area contributed by atoms with Crippen LogP contribution in [0, 0.1) is 0 Å². The SMILES string of the molecule is COC(=O)c1ccc(CNC2CCCC(SC)C2)[nH]1. The summed E-state index contributed by atoms with van der Waals surface area (Å²) in [6, 6.07) is 4.30. The molecule has 2 rings (SSSR count). The molecule has 1 fully saturated rings. The topological polar surface area (TPSA) is 54.1 Å². The van der Waals surface area contributed by atoms with Crippen molar-refractivity contribution in [3.05, 3.63) is 23.5 Å². The minimum Gasteiger partial charge on any atom is -0.464 e. The number of aromatic amines is 1. The highest BCUT2D eigenvalue weighted by Gasteiger charge is 2.20. The Morgan fingerprint density at radius 1 is 1.53 bits per heavy atom. The van der Waals surface area contributed by atoms with Crippen LogP contribution in [0.15, 0.2) is 12.1 Å². The first-order valence-corrected chi connectivity index (χ1v) is 8.04. The van der Waals surface area contributed by atoms with Crippen LogP contribution in [-0.4, -0.2) is 35.6 Å². The molecule has 0 spiro atoms. The van der Waals surface area contributed by atoms with E-state index < -0.39 is 0 Å². The fraction of sp³-hybridized carbons (Fsp3) is 0.643. The highest BCUT2D eigenvalue weighted by molar-refractivity contribution is 7.99. The molecule has 1 aliphatic rings. The number of carbonyl (C=O) groups is 1. The minimum atomic E-state index is -0.314. The number of hydrogen-bond acceptors (Lipinski definition) is 4. The molecular weight excluding hydrogens is 260 g/mol. The van der Waals surface area contributed by atoms with Crippen LogP contribution in [-0.2, 0) is 11.3 Å². The average Bonchev–Trinajstić information content (AvgIpc) is 2.93. The molecule has 0 aliphatic heterocycles. The monoisotopic (exact) mass is 282 g/mol. The zero-order valence-electron chi connectivity index (χ0n) is 11.6. The maximum Gasteiger partial charge on any atom is 0.354 e. The van der Waals surface area contributed by atoms with E-state index in [9.17, 15) is 4.79 Å². The third-order valence-corrected chi connectivity index (χ3v) is 4.79. The lowest BCUT2D eigenvalue weighted by molar-refractivity contribution is 0.0594. The minimum absolute atomic E-state index is 0.314. The van der Waals surface area contributed by atoms with Gasteiger partial charge in [0.1, 0.15) is 5.69 Å². The summed E-state index contributed by atoms with van der Waals surface area (Å²) in [4.78, 5) is 14.4. The Labute approximate surface area is 118 Å². The molecule has 2 N–H and O–H groups in total. The van der Waals surface area contributed by atoms with E-state index in [0.717, 1.165) is 17.5 Å². The van der Waals surface area contributed by atoms with E-state index in [4.69, 9.17) is 0 Å². The zero-order chi connectivity index (χ0) is 13.7. The summed E-state index contributed by atoms with van der Waals surface area (Å²) >= 11 is 1.97. The first kappa shape index (κ1) is 14.5. The van der Waals surface area contributed by atoms with E-state index in [1.807, 2.05) is 17.8 Å². The third-order valence-electron chi connectivity index (χ3n) is 3.69. The number of aromatic nitrogens is 1. The number of nitrogens with one attached hydrogen (secondary N) is 2. The van der Waals surface area contributed by atoms with Crippen molar-refractivity contribution >= 4 is 17.7 Å². The molecule has 106 valence electrons. The molecule has 5 heteroatoms. The quantitative estimate of drug-likeness (QED) is 0.815. The van der Waals surface area contributed by atoms with Gasteiger partial charge in [0.05, 0.1) is 7.11 Å². The zero-order valence-corrected chi connectivity index (χ0v) is 12.4. The molecule has 1 aliphatic carbocycles. The first-order valence-electron chi connectivity index (χ1n) is 6.75. The molecule has 1 heterocycles. The fourth-order valence-electron chi connectivity index (χ4n) is 2.57. The predicted octanol–water partition coefficient (Wildman–Crippen LogP) is 2.57. The second-order valence-electron chi connectivity index (χ2n) is 4.99. The van der Waals surface area contributed by atoms with E-state index in [-0.39, 0.29) is 5.97 Å². The molecule has 1 saturated carbocycles. The van der Waals surface area contributed by atoms with E-state index in [2.05, 4.69) is 21.3 Å². The van der Waals surface area contributed by atoms with Gasteiger partial charge in [0.25, 0.3) is 0 Å². The van der Waals surface area contributed by atoms with Gasteiger partial charge in [-0.15, -0.1) is 0 Å². The highest BCUT2D eigenvalue weighted by atomic mass is 32.2. The summed E-state index contributed by atoms with van der Waals surface area (Å²) in [5.74, 6) is -0.314. The van der Waals surface area contributed by atoms with Crippen molar-refractivity contribution < 1.29 is 9.53 Å². The Hall–Kier alpha value is -0.940. The van der Waals surface area contributed by atoms with Gasteiger partial charge in [-0.1, -0.05) is 6.42 Å². The van der Waals surface area contributed by atoms with Crippen molar-refractivity contribution in [2.24, 2.45) is 0 Å². The molecular formula is C14H22N2O2S. The summed E-state index contributed by atoms with van der Waals surface area (Å²) in [6.07, 6.45) is 7.34. The molecule has 2 unspecified atom stereocenters. The van der Waals surface area contributed by atoms with E-state index in [1.54, 1.807) is 6.07 Å². The average molecular weight is 282 g/mol. The van der Waals surface area contributed by atoms with Crippen LogP contribution in [0.25, 0.3) is 0 Å². The number of ether oxygens (including phenoxy) is 1. The van der Waals surface area contributed by atoms with Gasteiger partial charge in [0.2, 0.25) is 0 Å². The summed E-state index contributed by atoms with van der Waals surface area (Å²) < 4.78 is 4.68. The van der Waals surface area contributed by atoms with Crippen molar-refractivity contribution in [2.75, 3.05) is 13.4 Å². The third kappa shape index (κ3) is 4.01. The predicted molar refractivity (Wildman–Crippen MR) is 78.5 cm³/mol. The smallest absolute Gasteiger partial charge is 0.354 e. The summed E-state index contributed by atoms with van der Waals surface area (Å²) in [5, 5.41) is 4.37. The first-order chi connectivity index (χ1) is 9.22. The maximum absolute atomic E-state index is 11.3. The fourth-order valence-corrected chi connectivity index (χ4v) is 3.40. The van der Waals surface area contributed by atoms with Gasteiger partial charge < -0.3 is 15.0 Å². The summed E-state index contributed by atoms with van der Waals surface area (Å²) in [7, 11) is 1.39. The van der Waals surface area contributed by atoms with Crippen molar-refractivity contribution in [2.45, 2.75) is 43.5 Å². The van der Waals surface area contributed by atoms with Crippen molar-refractivity contribution in [3.63, 3.8) is 0 Å². The number of rotatable bonds is 5. The molecule has 1 aromatic rings. The Bertz CT molecular complexity index is 419. The standard InChI is InChI=1S/C14H22N2O2S/c1-18-14(17)13-7-6-11(16-13)9-15-10-4-3-5-12(8-10)19-2/h6-7,10,12,15-16H,3-5,8-9H2,1-2H3. The van der Waals surface area contributed by atoms with Crippen LogP contribution < -0.4 is 5.32 Å². The van der Waals surface area contributed by atoms with Crippen molar-refractivity contribution in [1.29, 1.82) is 0 Å². The maximum atomic E-state index is 11.3. The van der Waals surface area contributed by atoms with Gasteiger partial charge in [-0.3, -0.25) is 0 Å². The second-order valence-corrected chi connectivity index (χ2v) is 6.13. The van der Waals surface area contributed by atoms with Crippen LogP contribution >= 0.6 is 11.8 Å². The van der Waals surface area contributed by atoms with Gasteiger partial charge in [-0.25, -0.2) is 4.79 Å². The molecule has 2 atom stereocenters. The van der Waals surface area contributed by atoms with Gasteiger partial charge >= 0.3 is 5.97 Å². The van der Waals surface area contributed by atoms with Crippen LogP contribution in [0.3, 0.4) is 0 Å². The lowest BCUT2D eigenvalue weighted by atomic mass is 9.95. The Morgan fingerprint density at radius 2 is 2.37 bits per heavy atom. The number of H-pyrrole nitrogens is 1. The van der Waals surface area contributed by atoms with Gasteiger partial charge in [0.15, 0.2) is 0 Å². The van der Waals surface area contributed by atoms with Gasteiger partial charge in [-0.2, -0.15) is 11.8 Å². The lowest BCUT2D eigenvalue weighted by Crippen LogP contribution is -2.34. The number of esters is 1. The van der Waals surface area contributed by atoms with E-state index in [0.29, 0.717) is 11.7 Å². The van der Waals surface area contributed by atoms with Gasteiger partial charge in [-0.05, 0) is 37.7 Å². The molecule has 1 aromatic heterocycles. The largest absolute Gasteiger partial charge is 0.464 e. The van der Waals surface area contributed by atoms with Crippen LogP contribution in [0.1, 0.15) is 41.9 Å². The van der Waals surface area contributed by atoms with Crippen molar-refractivity contribution in [1.82, 2.24) is 10.3 Å². The molecule has 19 heavy (non-hydrogen) atoms. The summed E-state index contributed by atoms with van der Waals surface area (Å²) in [5.41, 5.74) is 1.55. The number of thioether (sulfide) groups is 1.